The van der Waals surface area contributed by atoms with Crippen LogP contribution in [-0.2, 0) is 13.1 Å². The third-order valence-electron chi connectivity index (χ3n) is 2.46. The Morgan fingerprint density at radius 2 is 2.11 bits per heavy atom. The minimum Gasteiger partial charge on any atom is -0.296 e. The van der Waals surface area contributed by atoms with Crippen LogP contribution in [0.3, 0.4) is 0 Å². The highest BCUT2D eigenvalue weighted by atomic mass is 79.9. The van der Waals surface area contributed by atoms with Gasteiger partial charge in [-0.05, 0) is 42.4 Å². The third-order valence-corrected chi connectivity index (χ3v) is 3.13. The highest BCUT2D eigenvalue weighted by molar-refractivity contribution is 9.10. The zero-order chi connectivity index (χ0) is 13.0. The van der Waals surface area contributed by atoms with Gasteiger partial charge in [-0.25, -0.2) is 9.97 Å². The fourth-order valence-electron chi connectivity index (χ4n) is 1.74. The Labute approximate surface area is 120 Å². The number of rotatable bonds is 4. The number of hydrogen-bond donors (Lipinski definition) is 0. The highest BCUT2D eigenvalue weighted by Gasteiger charge is 2.04. The minimum absolute atomic E-state index is 0.295. The first kappa shape index (κ1) is 13.5. The fourth-order valence-corrected chi connectivity index (χ4v) is 2.35. The largest absolute Gasteiger partial charge is 0.296 e. The SMILES string of the molecule is CN(Cc1cccc(Br)c1)Cc1ccnc(Cl)n1. The summed E-state index contributed by atoms with van der Waals surface area (Å²) in [5.74, 6) is 0. The summed E-state index contributed by atoms with van der Waals surface area (Å²) in [4.78, 5) is 10.2. The molecule has 0 unspecified atom stereocenters. The van der Waals surface area contributed by atoms with E-state index in [0.717, 1.165) is 23.3 Å². The zero-order valence-electron chi connectivity index (χ0n) is 9.98. The molecule has 94 valence electrons. The number of hydrogen-bond acceptors (Lipinski definition) is 3. The first-order chi connectivity index (χ1) is 8.63. The molecule has 0 saturated heterocycles. The van der Waals surface area contributed by atoms with E-state index in [2.05, 4.69) is 50.0 Å². The maximum Gasteiger partial charge on any atom is 0.222 e. The lowest BCUT2D eigenvalue weighted by atomic mass is 10.2. The molecule has 1 aromatic carbocycles. The molecule has 18 heavy (non-hydrogen) atoms. The third kappa shape index (κ3) is 4.05. The van der Waals surface area contributed by atoms with E-state index in [1.54, 1.807) is 6.20 Å². The summed E-state index contributed by atoms with van der Waals surface area (Å²) < 4.78 is 1.10. The molecule has 2 rings (SSSR count). The Morgan fingerprint density at radius 3 is 2.83 bits per heavy atom. The average molecular weight is 327 g/mol. The molecule has 0 N–H and O–H groups in total. The lowest BCUT2D eigenvalue weighted by molar-refractivity contribution is 0.315. The van der Waals surface area contributed by atoms with Gasteiger partial charge in [0.15, 0.2) is 0 Å². The molecular weight excluding hydrogens is 314 g/mol. The monoisotopic (exact) mass is 325 g/mol. The van der Waals surface area contributed by atoms with Gasteiger partial charge in [0.2, 0.25) is 5.28 Å². The average Bonchev–Trinajstić information content (AvgIpc) is 2.28. The Bertz CT molecular complexity index is 486. The quantitative estimate of drug-likeness (QED) is 0.805. The normalized spacial score (nSPS) is 10.9. The minimum atomic E-state index is 0.295. The van der Waals surface area contributed by atoms with Crippen molar-refractivity contribution in [3.63, 3.8) is 0 Å². The first-order valence-electron chi connectivity index (χ1n) is 5.54. The van der Waals surface area contributed by atoms with Crippen molar-refractivity contribution in [2.45, 2.75) is 13.1 Å². The molecule has 0 saturated carbocycles. The number of benzene rings is 1. The Balaban J connectivity index is 1.98. The molecule has 1 aromatic heterocycles. The smallest absolute Gasteiger partial charge is 0.222 e. The van der Waals surface area contributed by atoms with Gasteiger partial charge in [-0.1, -0.05) is 28.1 Å². The van der Waals surface area contributed by atoms with E-state index >= 15 is 0 Å². The summed E-state index contributed by atoms with van der Waals surface area (Å²) in [6.45, 7) is 1.61. The van der Waals surface area contributed by atoms with E-state index in [-0.39, 0.29) is 0 Å². The van der Waals surface area contributed by atoms with Crippen molar-refractivity contribution >= 4 is 27.5 Å². The van der Waals surface area contributed by atoms with E-state index in [9.17, 15) is 0 Å². The van der Waals surface area contributed by atoms with E-state index in [0.29, 0.717) is 5.28 Å². The van der Waals surface area contributed by atoms with Crippen LogP contribution in [0.25, 0.3) is 0 Å². The van der Waals surface area contributed by atoms with Crippen LogP contribution >= 0.6 is 27.5 Å². The predicted octanol–water partition coefficient (Wildman–Crippen LogP) is 3.52. The van der Waals surface area contributed by atoms with Crippen molar-refractivity contribution in [1.82, 2.24) is 14.9 Å². The molecule has 0 spiro atoms. The zero-order valence-corrected chi connectivity index (χ0v) is 12.3. The summed E-state index contributed by atoms with van der Waals surface area (Å²) in [6.07, 6.45) is 1.68. The van der Waals surface area contributed by atoms with Crippen molar-refractivity contribution in [2.75, 3.05) is 7.05 Å². The number of halogens is 2. The van der Waals surface area contributed by atoms with E-state index < -0.39 is 0 Å². The van der Waals surface area contributed by atoms with Crippen LogP contribution < -0.4 is 0 Å². The Kier molecular flexibility index (Phi) is 4.69. The second kappa shape index (κ2) is 6.27. The van der Waals surface area contributed by atoms with Crippen LogP contribution in [0.2, 0.25) is 5.28 Å². The van der Waals surface area contributed by atoms with Gasteiger partial charge in [0.1, 0.15) is 0 Å². The fraction of sp³-hybridized carbons (Fsp3) is 0.231. The maximum atomic E-state index is 5.76. The van der Waals surface area contributed by atoms with Gasteiger partial charge >= 0.3 is 0 Å². The predicted molar refractivity (Wildman–Crippen MR) is 76.4 cm³/mol. The molecule has 0 amide bonds. The molecular formula is C13H13BrClN3. The highest BCUT2D eigenvalue weighted by Crippen LogP contribution is 2.14. The van der Waals surface area contributed by atoms with Gasteiger partial charge in [0.05, 0.1) is 5.69 Å². The van der Waals surface area contributed by atoms with E-state index in [4.69, 9.17) is 11.6 Å². The summed E-state index contributed by atoms with van der Waals surface area (Å²) >= 11 is 9.23. The van der Waals surface area contributed by atoms with Crippen LogP contribution in [0.1, 0.15) is 11.3 Å². The van der Waals surface area contributed by atoms with Gasteiger partial charge in [0, 0.05) is 23.8 Å². The van der Waals surface area contributed by atoms with Crippen LogP contribution in [0.4, 0.5) is 0 Å². The number of aromatic nitrogens is 2. The molecule has 0 atom stereocenters. The van der Waals surface area contributed by atoms with Crippen molar-refractivity contribution < 1.29 is 0 Å². The molecule has 0 radical (unpaired) electrons. The summed E-state index contributed by atoms with van der Waals surface area (Å²) in [5.41, 5.74) is 2.18. The standard InChI is InChI=1S/C13H13BrClN3/c1-18(8-10-3-2-4-11(14)7-10)9-12-5-6-16-13(15)17-12/h2-7H,8-9H2,1H3. The van der Waals surface area contributed by atoms with Gasteiger partial charge < -0.3 is 0 Å². The van der Waals surface area contributed by atoms with Crippen molar-refractivity contribution in [1.29, 1.82) is 0 Å². The summed E-state index contributed by atoms with van der Waals surface area (Å²) in [6, 6.07) is 10.2. The van der Waals surface area contributed by atoms with Crippen molar-refractivity contribution in [2.24, 2.45) is 0 Å². The molecule has 1 heterocycles. The van der Waals surface area contributed by atoms with Gasteiger partial charge in [-0.15, -0.1) is 0 Å². The molecule has 5 heteroatoms. The van der Waals surface area contributed by atoms with E-state index in [1.165, 1.54) is 5.56 Å². The molecule has 3 nitrogen and oxygen atoms in total. The first-order valence-corrected chi connectivity index (χ1v) is 6.71. The Hall–Kier alpha value is -0.970. The van der Waals surface area contributed by atoms with Crippen molar-refractivity contribution in [3.8, 4) is 0 Å². The Morgan fingerprint density at radius 1 is 1.28 bits per heavy atom. The van der Waals surface area contributed by atoms with Crippen LogP contribution in [-0.4, -0.2) is 21.9 Å². The summed E-state index contributed by atoms with van der Waals surface area (Å²) in [5, 5.41) is 0.295. The van der Waals surface area contributed by atoms with E-state index in [1.807, 2.05) is 18.2 Å². The molecule has 2 aromatic rings. The van der Waals surface area contributed by atoms with Crippen LogP contribution in [0.5, 0.6) is 0 Å². The molecule has 0 aliphatic rings. The molecule has 0 aliphatic carbocycles. The second-order valence-corrected chi connectivity index (χ2v) is 5.37. The van der Waals surface area contributed by atoms with Gasteiger partial charge in [0.25, 0.3) is 0 Å². The lowest BCUT2D eigenvalue weighted by Gasteiger charge is -2.16. The van der Waals surface area contributed by atoms with Crippen molar-refractivity contribution in [3.05, 3.63) is 57.5 Å². The summed E-state index contributed by atoms with van der Waals surface area (Å²) in [7, 11) is 2.05. The van der Waals surface area contributed by atoms with Gasteiger partial charge in [-0.3, -0.25) is 4.90 Å². The molecule has 0 aliphatic heterocycles. The van der Waals surface area contributed by atoms with Gasteiger partial charge in [-0.2, -0.15) is 0 Å². The molecule has 0 fully saturated rings. The van der Waals surface area contributed by atoms with Crippen LogP contribution in [0.15, 0.2) is 41.0 Å². The molecule has 0 bridgehead atoms. The topological polar surface area (TPSA) is 29.0 Å². The second-order valence-electron chi connectivity index (χ2n) is 4.12. The maximum absolute atomic E-state index is 5.76. The van der Waals surface area contributed by atoms with Crippen LogP contribution in [0, 0.1) is 0 Å². The number of nitrogens with zero attached hydrogens (tertiary/aromatic N) is 3. The lowest BCUT2D eigenvalue weighted by Crippen LogP contribution is -2.18.